The molecule has 0 aliphatic rings. The number of aliphatic hydroxyl groups excluding tert-OH is 1. The summed E-state index contributed by atoms with van der Waals surface area (Å²) in [6.45, 7) is 3.39. The zero-order valence-corrected chi connectivity index (χ0v) is 10.4. The lowest BCUT2D eigenvalue weighted by Crippen LogP contribution is -2.46. The molecule has 0 saturated heterocycles. The molecule has 0 aliphatic heterocycles. The third-order valence-corrected chi connectivity index (χ3v) is 2.74. The Morgan fingerprint density at radius 1 is 1.44 bits per heavy atom. The molecule has 0 spiro atoms. The molecule has 18 heavy (non-hydrogen) atoms. The van der Waals surface area contributed by atoms with Gasteiger partial charge in [-0.05, 0) is 38.1 Å². The van der Waals surface area contributed by atoms with Crippen molar-refractivity contribution in [2.45, 2.75) is 19.4 Å². The highest BCUT2D eigenvalue weighted by Gasteiger charge is 2.20. The van der Waals surface area contributed by atoms with Crippen molar-refractivity contribution in [1.29, 1.82) is 0 Å². The number of aliphatic hydroxyl groups is 1. The van der Waals surface area contributed by atoms with E-state index >= 15 is 0 Å². The Bertz CT molecular complexity index is 587. The van der Waals surface area contributed by atoms with Crippen LogP contribution in [-0.4, -0.2) is 28.1 Å². The van der Waals surface area contributed by atoms with Gasteiger partial charge in [0.1, 0.15) is 5.69 Å². The fourth-order valence-corrected chi connectivity index (χ4v) is 1.69. The molecule has 1 amide bonds. The van der Waals surface area contributed by atoms with E-state index in [4.69, 9.17) is 10.8 Å². The molecule has 5 heteroatoms. The first kappa shape index (κ1) is 12.4. The van der Waals surface area contributed by atoms with Gasteiger partial charge in [0.25, 0.3) is 5.91 Å². The lowest BCUT2D eigenvalue weighted by molar-refractivity contribution is 0.0865. The molecule has 2 rings (SSSR count). The van der Waals surface area contributed by atoms with Crippen molar-refractivity contribution in [3.05, 3.63) is 30.0 Å². The molecule has 0 radical (unpaired) electrons. The molecular weight excluding hydrogens is 230 g/mol. The molecule has 0 fully saturated rings. The summed E-state index contributed by atoms with van der Waals surface area (Å²) in [4.78, 5) is 15.0. The Labute approximate surface area is 105 Å². The summed E-state index contributed by atoms with van der Waals surface area (Å²) in [6, 6.07) is 7.16. The SMILES string of the molecule is CC(C)(CO)NC(=O)c1cc2cc(N)ccc2[nH]1. The summed E-state index contributed by atoms with van der Waals surface area (Å²) >= 11 is 0. The maximum atomic E-state index is 12.0. The minimum atomic E-state index is -0.645. The van der Waals surface area contributed by atoms with Crippen molar-refractivity contribution in [3.63, 3.8) is 0 Å². The van der Waals surface area contributed by atoms with Crippen LogP contribution in [0.4, 0.5) is 5.69 Å². The maximum Gasteiger partial charge on any atom is 0.268 e. The summed E-state index contributed by atoms with van der Waals surface area (Å²) in [5.41, 5.74) is 7.01. The summed E-state index contributed by atoms with van der Waals surface area (Å²) in [5.74, 6) is -0.246. The fourth-order valence-electron chi connectivity index (χ4n) is 1.69. The van der Waals surface area contributed by atoms with E-state index < -0.39 is 5.54 Å². The highest BCUT2D eigenvalue weighted by atomic mass is 16.3. The van der Waals surface area contributed by atoms with Crippen LogP contribution in [-0.2, 0) is 0 Å². The van der Waals surface area contributed by atoms with Crippen molar-refractivity contribution in [2.24, 2.45) is 0 Å². The number of aromatic nitrogens is 1. The topological polar surface area (TPSA) is 91.1 Å². The van der Waals surface area contributed by atoms with E-state index in [1.54, 1.807) is 32.0 Å². The highest BCUT2D eigenvalue weighted by molar-refractivity contribution is 5.98. The van der Waals surface area contributed by atoms with E-state index in [9.17, 15) is 4.79 Å². The van der Waals surface area contributed by atoms with Gasteiger partial charge >= 0.3 is 0 Å². The number of amides is 1. The van der Waals surface area contributed by atoms with Crippen molar-refractivity contribution in [3.8, 4) is 0 Å². The number of aromatic amines is 1. The minimum absolute atomic E-state index is 0.119. The molecule has 5 N–H and O–H groups in total. The average molecular weight is 247 g/mol. The number of rotatable bonds is 3. The number of nitrogen functional groups attached to an aromatic ring is 1. The van der Waals surface area contributed by atoms with E-state index in [0.29, 0.717) is 11.4 Å². The average Bonchev–Trinajstić information content (AvgIpc) is 2.71. The van der Waals surface area contributed by atoms with E-state index in [0.717, 1.165) is 10.9 Å². The van der Waals surface area contributed by atoms with Gasteiger partial charge in [-0.25, -0.2) is 0 Å². The van der Waals surface area contributed by atoms with E-state index in [-0.39, 0.29) is 12.5 Å². The van der Waals surface area contributed by atoms with Crippen molar-refractivity contribution in [2.75, 3.05) is 12.3 Å². The van der Waals surface area contributed by atoms with Crippen LogP contribution in [0, 0.1) is 0 Å². The van der Waals surface area contributed by atoms with Crippen molar-refractivity contribution < 1.29 is 9.90 Å². The minimum Gasteiger partial charge on any atom is -0.399 e. The number of hydrogen-bond donors (Lipinski definition) is 4. The molecule has 0 saturated carbocycles. The number of benzene rings is 1. The van der Waals surface area contributed by atoms with Gasteiger partial charge in [0.05, 0.1) is 12.1 Å². The second-order valence-corrected chi connectivity index (χ2v) is 5.03. The van der Waals surface area contributed by atoms with Crippen LogP contribution >= 0.6 is 0 Å². The number of fused-ring (bicyclic) bond motifs is 1. The zero-order valence-electron chi connectivity index (χ0n) is 10.4. The number of carbonyl (C=O) groups is 1. The normalized spacial score (nSPS) is 11.7. The molecule has 1 aromatic carbocycles. The number of nitrogens with one attached hydrogen (secondary N) is 2. The van der Waals surface area contributed by atoms with Gasteiger partial charge in [-0.15, -0.1) is 0 Å². The van der Waals surface area contributed by atoms with Crippen LogP contribution in [0.15, 0.2) is 24.3 Å². The monoisotopic (exact) mass is 247 g/mol. The number of anilines is 1. The number of carbonyl (C=O) groups excluding carboxylic acids is 1. The van der Waals surface area contributed by atoms with Crippen molar-refractivity contribution >= 4 is 22.5 Å². The molecule has 0 atom stereocenters. The van der Waals surface area contributed by atoms with Crippen LogP contribution < -0.4 is 11.1 Å². The zero-order chi connectivity index (χ0) is 13.3. The quantitative estimate of drug-likeness (QED) is 0.615. The second kappa shape index (κ2) is 4.34. The number of nitrogens with two attached hydrogens (primary N) is 1. The molecular formula is C13H17N3O2. The number of H-pyrrole nitrogens is 1. The molecule has 0 bridgehead atoms. The summed E-state index contributed by atoms with van der Waals surface area (Å²) < 4.78 is 0. The fraction of sp³-hybridized carbons (Fsp3) is 0.308. The van der Waals surface area contributed by atoms with Gasteiger partial charge in [0, 0.05) is 16.6 Å². The van der Waals surface area contributed by atoms with Crippen LogP contribution in [0.2, 0.25) is 0 Å². The Morgan fingerprint density at radius 3 is 2.83 bits per heavy atom. The summed E-state index contributed by atoms with van der Waals surface area (Å²) in [7, 11) is 0. The second-order valence-electron chi connectivity index (χ2n) is 5.03. The van der Waals surface area contributed by atoms with Gasteiger partial charge in [0.2, 0.25) is 0 Å². The predicted octanol–water partition coefficient (Wildman–Crippen LogP) is 1.25. The van der Waals surface area contributed by atoms with E-state index in [2.05, 4.69) is 10.3 Å². The van der Waals surface area contributed by atoms with Gasteiger partial charge in [0.15, 0.2) is 0 Å². The third kappa shape index (κ3) is 2.46. The molecule has 0 aliphatic carbocycles. The first-order chi connectivity index (χ1) is 8.41. The summed E-state index contributed by atoms with van der Waals surface area (Å²) in [5, 5.41) is 12.8. The molecule has 2 aromatic rings. The molecule has 1 heterocycles. The van der Waals surface area contributed by atoms with Gasteiger partial charge in [-0.2, -0.15) is 0 Å². The third-order valence-electron chi connectivity index (χ3n) is 2.74. The van der Waals surface area contributed by atoms with Crippen LogP contribution in [0.3, 0.4) is 0 Å². The highest BCUT2D eigenvalue weighted by Crippen LogP contribution is 2.18. The molecule has 5 nitrogen and oxygen atoms in total. The summed E-state index contributed by atoms with van der Waals surface area (Å²) in [6.07, 6.45) is 0. The van der Waals surface area contributed by atoms with Gasteiger partial charge in [-0.1, -0.05) is 0 Å². The Morgan fingerprint density at radius 2 is 2.17 bits per heavy atom. The van der Waals surface area contributed by atoms with Crippen LogP contribution in [0.5, 0.6) is 0 Å². The van der Waals surface area contributed by atoms with Crippen LogP contribution in [0.1, 0.15) is 24.3 Å². The molecule has 1 aromatic heterocycles. The first-order valence-electron chi connectivity index (χ1n) is 5.73. The molecule has 0 unspecified atom stereocenters. The Hall–Kier alpha value is -2.01. The largest absolute Gasteiger partial charge is 0.399 e. The van der Waals surface area contributed by atoms with Gasteiger partial charge < -0.3 is 21.1 Å². The standard InChI is InChI=1S/C13H17N3O2/c1-13(2,7-17)16-12(18)11-6-8-5-9(14)3-4-10(8)15-11/h3-6,15,17H,7,14H2,1-2H3,(H,16,18). The van der Waals surface area contributed by atoms with Crippen molar-refractivity contribution in [1.82, 2.24) is 10.3 Å². The Balaban J connectivity index is 2.28. The van der Waals surface area contributed by atoms with E-state index in [1.807, 2.05) is 6.07 Å². The predicted molar refractivity (Wildman–Crippen MR) is 71.3 cm³/mol. The van der Waals surface area contributed by atoms with E-state index in [1.165, 1.54) is 0 Å². The maximum absolute atomic E-state index is 12.0. The Kier molecular flexibility index (Phi) is 3.00. The number of hydrogen-bond acceptors (Lipinski definition) is 3. The lowest BCUT2D eigenvalue weighted by atomic mass is 10.1. The van der Waals surface area contributed by atoms with Gasteiger partial charge in [-0.3, -0.25) is 4.79 Å². The lowest BCUT2D eigenvalue weighted by Gasteiger charge is -2.22. The molecule has 96 valence electrons. The first-order valence-corrected chi connectivity index (χ1v) is 5.73. The van der Waals surface area contributed by atoms with Crippen LogP contribution in [0.25, 0.3) is 10.9 Å². The smallest absolute Gasteiger partial charge is 0.268 e.